The lowest BCUT2D eigenvalue weighted by molar-refractivity contribution is 0.983. The molecule has 0 aliphatic heterocycles. The lowest BCUT2D eigenvalue weighted by Crippen LogP contribution is -2.00. The van der Waals surface area contributed by atoms with Crippen LogP contribution in [0.4, 0.5) is 0 Å². The minimum absolute atomic E-state index is 0.225. The van der Waals surface area contributed by atoms with Crippen LogP contribution in [0.5, 0.6) is 0 Å². The first-order valence-corrected chi connectivity index (χ1v) is 7.75. The van der Waals surface area contributed by atoms with Gasteiger partial charge in [0.05, 0.1) is 11.4 Å². The number of benzene rings is 2. The summed E-state index contributed by atoms with van der Waals surface area (Å²) in [6.07, 6.45) is 8.45. The molecular weight excluding hydrogens is 280 g/mol. The summed E-state index contributed by atoms with van der Waals surface area (Å²) in [5.41, 5.74) is 4.14. The van der Waals surface area contributed by atoms with Gasteiger partial charge in [0.1, 0.15) is 0 Å². The molecule has 2 nitrogen and oxygen atoms in total. The van der Waals surface area contributed by atoms with Crippen molar-refractivity contribution in [2.75, 3.05) is 0 Å². The molecule has 0 atom stereocenters. The zero-order valence-corrected chi connectivity index (χ0v) is 12.6. The maximum Gasteiger partial charge on any atom is 0.160 e. The average molecular weight is 296 g/mol. The van der Waals surface area contributed by atoms with E-state index in [9.17, 15) is 0 Å². The third-order valence-corrected chi connectivity index (χ3v) is 3.94. The Morgan fingerprint density at radius 2 is 1.26 bits per heavy atom. The quantitative estimate of drug-likeness (QED) is 0.678. The summed E-state index contributed by atoms with van der Waals surface area (Å²) in [5, 5.41) is 0. The molecule has 23 heavy (non-hydrogen) atoms. The van der Waals surface area contributed by atoms with E-state index >= 15 is 0 Å². The molecule has 0 saturated heterocycles. The van der Waals surface area contributed by atoms with Crippen molar-refractivity contribution >= 4 is 0 Å². The summed E-state index contributed by atoms with van der Waals surface area (Å²) in [6, 6.07) is 22.5. The number of allylic oxidation sites excluding steroid dienone is 4. The number of hydrogen-bond donors (Lipinski definition) is 0. The monoisotopic (exact) mass is 296 g/mol. The van der Waals surface area contributed by atoms with E-state index in [1.54, 1.807) is 0 Å². The van der Waals surface area contributed by atoms with Crippen LogP contribution in [-0.4, -0.2) is 9.97 Å². The molecule has 2 aromatic carbocycles. The van der Waals surface area contributed by atoms with E-state index in [1.165, 1.54) is 0 Å². The van der Waals surface area contributed by atoms with Crippen LogP contribution < -0.4 is 0 Å². The second-order valence-corrected chi connectivity index (χ2v) is 5.53. The predicted octanol–water partition coefficient (Wildman–Crippen LogP) is 5.02. The highest BCUT2D eigenvalue weighted by atomic mass is 14.9. The zero-order chi connectivity index (χ0) is 15.5. The molecule has 0 N–H and O–H groups in total. The minimum Gasteiger partial charge on any atom is -0.232 e. The lowest BCUT2D eigenvalue weighted by atomic mass is 10.0. The highest BCUT2D eigenvalue weighted by molar-refractivity contribution is 5.64. The predicted molar refractivity (Wildman–Crippen MR) is 93.9 cm³/mol. The zero-order valence-electron chi connectivity index (χ0n) is 12.6. The molecule has 3 aromatic rings. The topological polar surface area (TPSA) is 25.8 Å². The molecule has 0 amide bonds. The van der Waals surface area contributed by atoms with Crippen LogP contribution in [0.25, 0.3) is 22.6 Å². The van der Waals surface area contributed by atoms with Crippen LogP contribution >= 0.6 is 0 Å². The first-order valence-electron chi connectivity index (χ1n) is 7.75. The molecule has 0 unspecified atom stereocenters. The Morgan fingerprint density at radius 1 is 0.652 bits per heavy atom. The Labute approximate surface area is 135 Å². The maximum atomic E-state index is 4.80. The molecule has 1 aliphatic carbocycles. The van der Waals surface area contributed by atoms with Crippen LogP contribution in [0.15, 0.2) is 91.0 Å². The van der Waals surface area contributed by atoms with Crippen molar-refractivity contribution in [3.05, 3.63) is 96.7 Å². The molecule has 1 aliphatic rings. The molecule has 4 rings (SSSR count). The largest absolute Gasteiger partial charge is 0.232 e. The molecule has 0 bridgehead atoms. The van der Waals surface area contributed by atoms with Gasteiger partial charge in [-0.1, -0.05) is 85.0 Å². The number of nitrogens with zero attached hydrogens (tertiary/aromatic N) is 2. The van der Waals surface area contributed by atoms with E-state index in [1.807, 2.05) is 48.5 Å². The number of aromatic nitrogens is 2. The average Bonchev–Trinajstić information content (AvgIpc) is 3.18. The standard InChI is InChI=1S/C21H16N2/c1-3-9-16(10-4-1)19-15-20(17-11-7-8-12-17)23-21(22-19)18-13-5-2-6-14-18/h1-15,17H. The number of rotatable bonds is 3. The van der Waals surface area contributed by atoms with Crippen LogP contribution in [0, 0.1) is 0 Å². The van der Waals surface area contributed by atoms with E-state index in [-0.39, 0.29) is 5.92 Å². The van der Waals surface area contributed by atoms with Crippen LogP contribution in [-0.2, 0) is 0 Å². The first-order chi connectivity index (χ1) is 11.4. The smallest absolute Gasteiger partial charge is 0.160 e. The van der Waals surface area contributed by atoms with Gasteiger partial charge < -0.3 is 0 Å². The highest BCUT2D eigenvalue weighted by Crippen LogP contribution is 2.28. The van der Waals surface area contributed by atoms with Crippen molar-refractivity contribution < 1.29 is 0 Å². The molecule has 0 radical (unpaired) electrons. The fraction of sp³-hybridized carbons (Fsp3) is 0.0476. The normalized spacial score (nSPS) is 13.6. The molecule has 1 heterocycles. The first kappa shape index (κ1) is 13.6. The third-order valence-electron chi connectivity index (χ3n) is 3.94. The van der Waals surface area contributed by atoms with Crippen molar-refractivity contribution in [2.24, 2.45) is 0 Å². The van der Waals surface area contributed by atoms with Gasteiger partial charge >= 0.3 is 0 Å². The van der Waals surface area contributed by atoms with Gasteiger partial charge in [-0.15, -0.1) is 0 Å². The molecule has 2 heteroatoms. The maximum absolute atomic E-state index is 4.80. The molecule has 1 aromatic heterocycles. The van der Waals surface area contributed by atoms with Crippen molar-refractivity contribution in [1.29, 1.82) is 0 Å². The van der Waals surface area contributed by atoms with E-state index in [2.05, 4.69) is 42.5 Å². The summed E-state index contributed by atoms with van der Waals surface area (Å²) in [4.78, 5) is 9.58. The Balaban J connectivity index is 1.87. The fourth-order valence-corrected chi connectivity index (χ4v) is 2.74. The van der Waals surface area contributed by atoms with Gasteiger partial charge in [0.15, 0.2) is 5.82 Å². The Hall–Kier alpha value is -3.00. The van der Waals surface area contributed by atoms with Crippen molar-refractivity contribution in [3.63, 3.8) is 0 Å². The van der Waals surface area contributed by atoms with Gasteiger partial charge in [-0.05, 0) is 6.07 Å². The van der Waals surface area contributed by atoms with E-state index in [0.29, 0.717) is 0 Å². The highest BCUT2D eigenvalue weighted by Gasteiger charge is 2.14. The van der Waals surface area contributed by atoms with Gasteiger partial charge in [-0.25, -0.2) is 9.97 Å². The van der Waals surface area contributed by atoms with Crippen LogP contribution in [0.2, 0.25) is 0 Å². The lowest BCUT2D eigenvalue weighted by Gasteiger charge is -2.11. The van der Waals surface area contributed by atoms with Crippen molar-refractivity contribution in [2.45, 2.75) is 5.92 Å². The summed E-state index contributed by atoms with van der Waals surface area (Å²) in [6.45, 7) is 0. The van der Waals surface area contributed by atoms with E-state index in [4.69, 9.17) is 9.97 Å². The van der Waals surface area contributed by atoms with Gasteiger partial charge in [0.2, 0.25) is 0 Å². The summed E-state index contributed by atoms with van der Waals surface area (Å²) < 4.78 is 0. The summed E-state index contributed by atoms with van der Waals surface area (Å²) in [7, 11) is 0. The summed E-state index contributed by atoms with van der Waals surface area (Å²) >= 11 is 0. The van der Waals surface area contributed by atoms with Crippen LogP contribution in [0.1, 0.15) is 11.6 Å². The third kappa shape index (κ3) is 2.84. The van der Waals surface area contributed by atoms with E-state index in [0.717, 1.165) is 28.3 Å². The van der Waals surface area contributed by atoms with Gasteiger partial charge in [0.25, 0.3) is 0 Å². The second kappa shape index (κ2) is 6.01. The molecule has 0 spiro atoms. The Bertz CT molecular complexity index is 795. The van der Waals surface area contributed by atoms with Gasteiger partial charge in [-0.2, -0.15) is 0 Å². The SMILES string of the molecule is C1=CC(c2cc(-c3ccccc3)nc(-c3ccccc3)n2)C=C1. The minimum atomic E-state index is 0.225. The van der Waals surface area contributed by atoms with Gasteiger partial charge in [0, 0.05) is 17.0 Å². The molecular formula is C21H16N2. The molecule has 0 saturated carbocycles. The Morgan fingerprint density at radius 3 is 1.91 bits per heavy atom. The second-order valence-electron chi connectivity index (χ2n) is 5.53. The number of hydrogen-bond acceptors (Lipinski definition) is 2. The fourth-order valence-electron chi connectivity index (χ4n) is 2.74. The van der Waals surface area contributed by atoms with E-state index < -0.39 is 0 Å². The van der Waals surface area contributed by atoms with Crippen molar-refractivity contribution in [1.82, 2.24) is 9.97 Å². The van der Waals surface area contributed by atoms with Crippen LogP contribution in [0.3, 0.4) is 0 Å². The van der Waals surface area contributed by atoms with Crippen molar-refractivity contribution in [3.8, 4) is 22.6 Å². The summed E-state index contributed by atoms with van der Waals surface area (Å²) in [5.74, 6) is 0.999. The van der Waals surface area contributed by atoms with Gasteiger partial charge in [-0.3, -0.25) is 0 Å². The Kier molecular flexibility index (Phi) is 3.57. The molecule has 110 valence electrons. The molecule has 0 fully saturated rings.